The Bertz CT molecular complexity index is 603. The van der Waals surface area contributed by atoms with Gasteiger partial charge >= 0.3 is 5.97 Å². The first-order valence-electron chi connectivity index (χ1n) is 6.09. The van der Waals surface area contributed by atoms with E-state index in [1.165, 1.54) is 5.56 Å². The zero-order chi connectivity index (χ0) is 13.8. The fraction of sp³-hybridized carbons (Fsp3) is 0.188. The molecule has 0 aliphatic carbocycles. The molecule has 0 unspecified atom stereocenters. The normalized spacial score (nSPS) is 10.2. The van der Waals surface area contributed by atoms with Crippen LogP contribution in [-0.4, -0.2) is 11.1 Å². The smallest absolute Gasteiger partial charge is 0.339 e. The lowest BCUT2D eigenvalue weighted by molar-refractivity contribution is 0.0692. The lowest BCUT2D eigenvalue weighted by Gasteiger charge is -2.11. The van der Waals surface area contributed by atoms with E-state index in [1.807, 2.05) is 26.0 Å². The van der Waals surface area contributed by atoms with Crippen molar-refractivity contribution in [2.45, 2.75) is 20.5 Å². The molecule has 0 aromatic heterocycles. The molecule has 0 radical (unpaired) electrons. The van der Waals surface area contributed by atoms with E-state index < -0.39 is 5.97 Å². The number of aryl methyl sites for hydroxylation is 2. The molecule has 0 fully saturated rings. The lowest BCUT2D eigenvalue weighted by Crippen LogP contribution is -2.04. The van der Waals surface area contributed by atoms with Gasteiger partial charge in [-0.15, -0.1) is 0 Å². The standard InChI is InChI=1S/C16H16O3/c1-11-7-8-13(12(2)9-11)10-19-15-6-4-3-5-14(15)16(17)18/h3-9H,10H2,1-2H3,(H,17,18). The third-order valence-corrected chi connectivity index (χ3v) is 3.00. The number of carboxylic acids is 1. The Balaban J connectivity index is 2.17. The summed E-state index contributed by atoms with van der Waals surface area (Å²) in [6, 6.07) is 12.8. The molecule has 0 heterocycles. The molecule has 0 amide bonds. The first-order chi connectivity index (χ1) is 9.08. The molecule has 2 rings (SSSR count). The van der Waals surface area contributed by atoms with Gasteiger partial charge in [0.15, 0.2) is 0 Å². The molecular weight excluding hydrogens is 240 g/mol. The van der Waals surface area contributed by atoms with Crippen molar-refractivity contribution >= 4 is 5.97 Å². The summed E-state index contributed by atoms with van der Waals surface area (Å²) in [5.41, 5.74) is 3.60. The van der Waals surface area contributed by atoms with E-state index in [-0.39, 0.29) is 5.56 Å². The van der Waals surface area contributed by atoms with Crippen LogP contribution >= 0.6 is 0 Å². The van der Waals surface area contributed by atoms with Gasteiger partial charge in [0.1, 0.15) is 17.9 Å². The van der Waals surface area contributed by atoms with Crippen LogP contribution in [0.25, 0.3) is 0 Å². The summed E-state index contributed by atoms with van der Waals surface area (Å²) in [7, 11) is 0. The van der Waals surface area contributed by atoms with Crippen molar-refractivity contribution in [3.63, 3.8) is 0 Å². The largest absolute Gasteiger partial charge is 0.488 e. The number of rotatable bonds is 4. The number of carboxylic acid groups (broad SMARTS) is 1. The van der Waals surface area contributed by atoms with Crippen LogP contribution in [0.2, 0.25) is 0 Å². The van der Waals surface area contributed by atoms with Gasteiger partial charge in [0.05, 0.1) is 0 Å². The van der Waals surface area contributed by atoms with Gasteiger partial charge in [0, 0.05) is 0 Å². The minimum Gasteiger partial charge on any atom is -0.488 e. The fourth-order valence-electron chi connectivity index (χ4n) is 1.93. The molecule has 0 aliphatic heterocycles. The van der Waals surface area contributed by atoms with E-state index in [4.69, 9.17) is 9.84 Å². The SMILES string of the molecule is Cc1ccc(COc2ccccc2C(=O)O)c(C)c1. The van der Waals surface area contributed by atoms with E-state index in [9.17, 15) is 4.79 Å². The second-order valence-corrected chi connectivity index (χ2v) is 4.52. The first kappa shape index (κ1) is 13.1. The van der Waals surface area contributed by atoms with Gasteiger partial charge in [-0.05, 0) is 37.1 Å². The monoisotopic (exact) mass is 256 g/mol. The zero-order valence-electron chi connectivity index (χ0n) is 11.0. The predicted octanol–water partition coefficient (Wildman–Crippen LogP) is 3.58. The number of ether oxygens (including phenoxy) is 1. The van der Waals surface area contributed by atoms with Gasteiger partial charge in [-0.3, -0.25) is 0 Å². The molecule has 0 atom stereocenters. The fourth-order valence-corrected chi connectivity index (χ4v) is 1.93. The number of hydrogen-bond donors (Lipinski definition) is 1. The van der Waals surface area contributed by atoms with Gasteiger partial charge in [-0.25, -0.2) is 4.79 Å². The Morgan fingerprint density at radius 3 is 2.58 bits per heavy atom. The molecule has 0 aliphatic rings. The van der Waals surface area contributed by atoms with E-state index in [1.54, 1.807) is 24.3 Å². The van der Waals surface area contributed by atoms with E-state index in [2.05, 4.69) is 6.07 Å². The van der Waals surface area contributed by atoms with Gasteiger partial charge in [-0.1, -0.05) is 35.9 Å². The molecule has 0 saturated heterocycles. The number of benzene rings is 2. The molecule has 3 nitrogen and oxygen atoms in total. The highest BCUT2D eigenvalue weighted by Gasteiger charge is 2.10. The van der Waals surface area contributed by atoms with E-state index in [0.717, 1.165) is 11.1 Å². The van der Waals surface area contributed by atoms with Gasteiger partial charge in [-0.2, -0.15) is 0 Å². The summed E-state index contributed by atoms with van der Waals surface area (Å²) in [6.45, 7) is 4.43. The maximum atomic E-state index is 11.1. The number of carbonyl (C=O) groups is 1. The van der Waals surface area contributed by atoms with Crippen LogP contribution in [-0.2, 0) is 6.61 Å². The first-order valence-corrected chi connectivity index (χ1v) is 6.09. The number of aromatic carboxylic acids is 1. The third-order valence-electron chi connectivity index (χ3n) is 3.00. The summed E-state index contributed by atoms with van der Waals surface area (Å²) in [4.78, 5) is 11.1. The van der Waals surface area contributed by atoms with Crippen molar-refractivity contribution < 1.29 is 14.6 Å². The lowest BCUT2D eigenvalue weighted by atomic mass is 10.1. The molecule has 0 saturated carbocycles. The Labute approximate surface area is 112 Å². The molecule has 2 aromatic carbocycles. The van der Waals surface area contributed by atoms with Crippen LogP contribution < -0.4 is 4.74 Å². The molecule has 98 valence electrons. The van der Waals surface area contributed by atoms with Gasteiger partial charge in [0.25, 0.3) is 0 Å². The summed E-state index contributed by atoms with van der Waals surface area (Å²) < 4.78 is 5.62. The topological polar surface area (TPSA) is 46.5 Å². The second kappa shape index (κ2) is 5.57. The molecular formula is C16H16O3. The molecule has 19 heavy (non-hydrogen) atoms. The van der Waals surface area contributed by atoms with Gasteiger partial charge < -0.3 is 9.84 Å². The Kier molecular flexibility index (Phi) is 3.85. The molecule has 0 bridgehead atoms. The number of para-hydroxylation sites is 1. The van der Waals surface area contributed by atoms with Crippen molar-refractivity contribution in [3.8, 4) is 5.75 Å². The average molecular weight is 256 g/mol. The highest BCUT2D eigenvalue weighted by molar-refractivity contribution is 5.90. The van der Waals surface area contributed by atoms with Crippen LogP contribution in [0.4, 0.5) is 0 Å². The van der Waals surface area contributed by atoms with Crippen LogP contribution in [0.5, 0.6) is 5.75 Å². The maximum Gasteiger partial charge on any atom is 0.339 e. The molecule has 3 heteroatoms. The maximum absolute atomic E-state index is 11.1. The quantitative estimate of drug-likeness (QED) is 0.909. The third kappa shape index (κ3) is 3.13. The number of hydrogen-bond acceptors (Lipinski definition) is 2. The van der Waals surface area contributed by atoms with Crippen LogP contribution in [0.15, 0.2) is 42.5 Å². The molecule has 2 aromatic rings. The van der Waals surface area contributed by atoms with Gasteiger partial charge in [0.2, 0.25) is 0 Å². The van der Waals surface area contributed by atoms with Crippen molar-refractivity contribution in [3.05, 3.63) is 64.7 Å². The molecule has 0 spiro atoms. The van der Waals surface area contributed by atoms with Crippen LogP contribution in [0, 0.1) is 13.8 Å². The highest BCUT2D eigenvalue weighted by atomic mass is 16.5. The predicted molar refractivity (Wildman–Crippen MR) is 73.6 cm³/mol. The minimum absolute atomic E-state index is 0.187. The second-order valence-electron chi connectivity index (χ2n) is 4.52. The molecule has 1 N–H and O–H groups in total. The summed E-state index contributed by atoms with van der Waals surface area (Å²) in [5.74, 6) is -0.578. The van der Waals surface area contributed by atoms with E-state index >= 15 is 0 Å². The van der Waals surface area contributed by atoms with Crippen molar-refractivity contribution in [2.75, 3.05) is 0 Å². The van der Waals surface area contributed by atoms with E-state index in [0.29, 0.717) is 12.4 Å². The zero-order valence-corrected chi connectivity index (χ0v) is 11.0. The summed E-state index contributed by atoms with van der Waals surface area (Å²) >= 11 is 0. The Hall–Kier alpha value is -2.29. The van der Waals surface area contributed by atoms with Crippen molar-refractivity contribution in [1.29, 1.82) is 0 Å². The van der Waals surface area contributed by atoms with Crippen molar-refractivity contribution in [2.24, 2.45) is 0 Å². The minimum atomic E-state index is -0.976. The Morgan fingerprint density at radius 2 is 1.89 bits per heavy atom. The van der Waals surface area contributed by atoms with Crippen LogP contribution in [0.1, 0.15) is 27.0 Å². The van der Waals surface area contributed by atoms with Crippen molar-refractivity contribution in [1.82, 2.24) is 0 Å². The van der Waals surface area contributed by atoms with Crippen LogP contribution in [0.3, 0.4) is 0 Å². The average Bonchev–Trinajstić information content (AvgIpc) is 2.38. The summed E-state index contributed by atoms with van der Waals surface area (Å²) in [5, 5.41) is 9.07. The highest BCUT2D eigenvalue weighted by Crippen LogP contribution is 2.20. The summed E-state index contributed by atoms with van der Waals surface area (Å²) in [6.07, 6.45) is 0. The Morgan fingerprint density at radius 1 is 1.16 bits per heavy atom.